The first-order valence-corrected chi connectivity index (χ1v) is 1.68. The maximum Gasteiger partial charge on any atom is 3.00 e. The van der Waals surface area contributed by atoms with E-state index >= 15 is 0 Å². The average Bonchev–Trinajstić information content (AvgIpc) is 1.38. The number of hydrogen-bond donors (Lipinski definition) is 1. The molecule has 0 saturated heterocycles. The summed E-state index contributed by atoms with van der Waals surface area (Å²) < 4.78 is 20.5. The van der Waals surface area contributed by atoms with Crippen molar-refractivity contribution in [3.05, 3.63) is 0 Å². The van der Waals surface area contributed by atoms with E-state index < -0.39 is 11.4 Å². The second-order valence-corrected chi connectivity index (χ2v) is 0.836. The van der Waals surface area contributed by atoms with Crippen LogP contribution in [0.3, 0.4) is 0 Å². The molecule has 1 atom stereocenters. The van der Waals surface area contributed by atoms with Gasteiger partial charge in [0.05, 0.1) is 0 Å². The van der Waals surface area contributed by atoms with Crippen molar-refractivity contribution in [2.75, 3.05) is 0 Å². The van der Waals surface area contributed by atoms with Gasteiger partial charge in [0, 0.05) is 0 Å². The van der Waals surface area contributed by atoms with Gasteiger partial charge in [-0.2, -0.15) is 0 Å². The Labute approximate surface area is 47.7 Å². The molecule has 0 aromatic rings. The van der Waals surface area contributed by atoms with Crippen molar-refractivity contribution in [2.45, 2.75) is 0 Å². The fraction of sp³-hybridized carbons (Fsp3) is 0. The summed E-state index contributed by atoms with van der Waals surface area (Å²) in [6.07, 6.45) is 0. The maximum atomic E-state index is 8.90. The van der Waals surface area contributed by atoms with Crippen LogP contribution in [0.15, 0.2) is 0 Å². The van der Waals surface area contributed by atoms with Gasteiger partial charge < -0.3 is 4.55 Å². The van der Waals surface area contributed by atoms with E-state index in [0.717, 1.165) is 0 Å². The Morgan fingerprint density at radius 3 is 2.00 bits per heavy atom. The van der Waals surface area contributed by atoms with E-state index in [1.807, 2.05) is 0 Å². The monoisotopic (exact) mass is 124 g/mol. The molecule has 0 aromatic carbocycles. The Hall–Kier alpha value is 0.562. The standard InChI is InChI=1S/Al.H2O4S/c;1-4-5(2)3/h;1H,(H,2,3)/q+3;/p-1. The number of hydrogen-bond acceptors (Lipinski definition) is 4. The zero-order valence-corrected chi connectivity index (χ0v) is 4.63. The van der Waals surface area contributed by atoms with E-state index in [-0.39, 0.29) is 17.4 Å². The van der Waals surface area contributed by atoms with E-state index in [1.165, 1.54) is 0 Å². The summed E-state index contributed by atoms with van der Waals surface area (Å²) in [5.74, 6) is 0. The predicted octanol–water partition coefficient (Wildman–Crippen LogP) is -1.11. The molecular formula is HAlO4S+2. The van der Waals surface area contributed by atoms with E-state index in [9.17, 15) is 0 Å². The van der Waals surface area contributed by atoms with Crippen LogP contribution >= 0.6 is 0 Å². The molecule has 0 aromatic heterocycles. The molecule has 0 rings (SSSR count). The second-order valence-electron chi connectivity index (χ2n) is 0.279. The van der Waals surface area contributed by atoms with E-state index in [4.69, 9.17) is 14.0 Å². The van der Waals surface area contributed by atoms with Crippen molar-refractivity contribution in [3.63, 3.8) is 0 Å². The first kappa shape index (κ1) is 9.75. The molecule has 0 bridgehead atoms. The Kier molecular flexibility index (Phi) is 9.04. The largest absolute Gasteiger partial charge is 3.00 e. The minimum Gasteiger partial charge on any atom is -0.748 e. The van der Waals surface area contributed by atoms with Gasteiger partial charge in [-0.15, -0.1) is 4.33 Å². The molecule has 1 N–H and O–H groups in total. The molecule has 0 amide bonds. The Bertz CT molecular complexity index is 42.8. The first-order chi connectivity index (χ1) is 2.27. The summed E-state index contributed by atoms with van der Waals surface area (Å²) in [5, 5.41) is 7.03. The smallest absolute Gasteiger partial charge is 0.748 e. The third kappa shape index (κ3) is 8.82. The van der Waals surface area contributed by atoms with Crippen LogP contribution in [-0.2, 0) is 15.7 Å². The van der Waals surface area contributed by atoms with Crippen molar-refractivity contribution in [1.29, 1.82) is 0 Å². The van der Waals surface area contributed by atoms with E-state index in [0.29, 0.717) is 0 Å². The molecular weight excluding hydrogens is 123 g/mol. The van der Waals surface area contributed by atoms with Crippen LogP contribution in [0.25, 0.3) is 0 Å². The van der Waals surface area contributed by atoms with Gasteiger partial charge in [-0.05, 0) is 0 Å². The fourth-order valence-electron chi connectivity index (χ4n) is 0. The van der Waals surface area contributed by atoms with Crippen molar-refractivity contribution in [1.82, 2.24) is 0 Å². The molecule has 6 heteroatoms. The van der Waals surface area contributed by atoms with Gasteiger partial charge in [0.1, 0.15) is 11.4 Å². The van der Waals surface area contributed by atoms with Crippen molar-refractivity contribution < 1.29 is 18.4 Å². The van der Waals surface area contributed by atoms with Crippen LogP contribution in [0.4, 0.5) is 0 Å². The van der Waals surface area contributed by atoms with Crippen molar-refractivity contribution >= 4 is 28.7 Å². The van der Waals surface area contributed by atoms with Gasteiger partial charge in [0.2, 0.25) is 0 Å². The molecule has 0 spiro atoms. The molecule has 0 fully saturated rings. The van der Waals surface area contributed by atoms with Gasteiger partial charge in [-0.25, -0.2) is 9.47 Å². The third-order valence-electron chi connectivity index (χ3n) is 0.0609. The molecule has 0 aliphatic rings. The summed E-state index contributed by atoms with van der Waals surface area (Å²) in [4.78, 5) is 0. The molecule has 0 aliphatic heterocycles. The summed E-state index contributed by atoms with van der Waals surface area (Å²) in [6, 6.07) is 0. The van der Waals surface area contributed by atoms with Gasteiger partial charge in [0.15, 0.2) is 0 Å². The predicted molar refractivity (Wildman–Crippen MR) is 18.4 cm³/mol. The molecule has 6 heavy (non-hydrogen) atoms. The summed E-state index contributed by atoms with van der Waals surface area (Å²) in [5.41, 5.74) is 0. The third-order valence-corrected chi connectivity index (χ3v) is 0.183. The second kappa shape index (κ2) is 5.56. The molecule has 0 heterocycles. The SMILES string of the molecule is O=S([O-])OO.[Al+3]. The van der Waals surface area contributed by atoms with Gasteiger partial charge in [-0.3, -0.25) is 0 Å². The minimum atomic E-state index is -2.77. The molecule has 4 nitrogen and oxygen atoms in total. The summed E-state index contributed by atoms with van der Waals surface area (Å²) >= 11 is -2.77. The van der Waals surface area contributed by atoms with Gasteiger partial charge >= 0.3 is 17.4 Å². The molecule has 0 aliphatic carbocycles. The normalized spacial score (nSPS) is 12.3. The first-order valence-electron chi connectivity index (χ1n) is 0.683. The van der Waals surface area contributed by atoms with Gasteiger partial charge in [-0.1, -0.05) is 0 Å². The van der Waals surface area contributed by atoms with Crippen LogP contribution in [-0.4, -0.2) is 31.4 Å². The van der Waals surface area contributed by atoms with Crippen LogP contribution in [0.2, 0.25) is 0 Å². The quantitative estimate of drug-likeness (QED) is 0.208. The number of rotatable bonds is 1. The average molecular weight is 124 g/mol. The Morgan fingerprint density at radius 2 is 2.00 bits per heavy atom. The van der Waals surface area contributed by atoms with Crippen LogP contribution in [0.1, 0.15) is 0 Å². The summed E-state index contributed by atoms with van der Waals surface area (Å²) in [7, 11) is 0. The topological polar surface area (TPSA) is 69.6 Å². The molecule has 0 saturated carbocycles. The molecule has 1 unspecified atom stereocenters. The van der Waals surface area contributed by atoms with Crippen LogP contribution in [0.5, 0.6) is 0 Å². The Balaban J connectivity index is 0. The zero-order valence-electron chi connectivity index (χ0n) is 2.66. The van der Waals surface area contributed by atoms with E-state index in [2.05, 4.69) is 4.33 Å². The summed E-state index contributed by atoms with van der Waals surface area (Å²) in [6.45, 7) is 0. The van der Waals surface area contributed by atoms with Crippen LogP contribution < -0.4 is 0 Å². The van der Waals surface area contributed by atoms with E-state index in [1.54, 1.807) is 0 Å². The van der Waals surface area contributed by atoms with Gasteiger partial charge in [0.25, 0.3) is 0 Å². The van der Waals surface area contributed by atoms with Crippen LogP contribution in [0, 0.1) is 0 Å². The fourth-order valence-corrected chi connectivity index (χ4v) is 0. The maximum absolute atomic E-state index is 8.90. The van der Waals surface area contributed by atoms with Crippen molar-refractivity contribution in [2.24, 2.45) is 0 Å². The Morgan fingerprint density at radius 1 is 1.83 bits per heavy atom. The molecule has 32 valence electrons. The minimum absolute atomic E-state index is 0. The zero-order chi connectivity index (χ0) is 4.28. The van der Waals surface area contributed by atoms with Crippen molar-refractivity contribution in [3.8, 4) is 0 Å². The molecule has 0 radical (unpaired) electrons.